The Morgan fingerprint density at radius 3 is 2.29 bits per heavy atom. The molecular weight excluding hydrogens is 440 g/mol. The summed E-state index contributed by atoms with van der Waals surface area (Å²) in [5.74, 6) is -1.52. The second-order valence-corrected chi connectivity index (χ2v) is 8.40. The highest BCUT2D eigenvalue weighted by Gasteiger charge is 2.38. The molecule has 4 rings (SSSR count). The third kappa shape index (κ3) is 5.21. The molecule has 2 aliphatic rings. The van der Waals surface area contributed by atoms with Crippen LogP contribution in [0, 0.1) is 0 Å². The Morgan fingerprint density at radius 2 is 1.65 bits per heavy atom. The first-order chi connectivity index (χ1) is 16.5. The lowest BCUT2D eigenvalue weighted by atomic mass is 9.98. The van der Waals surface area contributed by atoms with Crippen molar-refractivity contribution >= 4 is 18.0 Å². The molecule has 1 heterocycles. The third-order valence-electron chi connectivity index (χ3n) is 6.20. The van der Waals surface area contributed by atoms with Crippen LogP contribution in [0.3, 0.4) is 0 Å². The van der Waals surface area contributed by atoms with E-state index in [1.54, 1.807) is 0 Å². The molecule has 0 aromatic heterocycles. The van der Waals surface area contributed by atoms with Gasteiger partial charge in [-0.15, -0.1) is 0 Å². The number of benzene rings is 2. The first-order valence-corrected chi connectivity index (χ1v) is 11.3. The summed E-state index contributed by atoms with van der Waals surface area (Å²) in [7, 11) is 0. The van der Waals surface area contributed by atoms with Gasteiger partial charge in [-0.1, -0.05) is 48.5 Å². The third-order valence-corrected chi connectivity index (χ3v) is 6.20. The summed E-state index contributed by atoms with van der Waals surface area (Å²) in [5.41, 5.74) is 4.60. The van der Waals surface area contributed by atoms with E-state index in [0.717, 1.165) is 22.3 Å². The van der Waals surface area contributed by atoms with Gasteiger partial charge in [0.15, 0.2) is 0 Å². The van der Waals surface area contributed by atoms with Crippen molar-refractivity contribution in [1.82, 2.24) is 10.2 Å². The number of aliphatic carboxylic acids is 1. The van der Waals surface area contributed by atoms with Gasteiger partial charge in [-0.25, -0.2) is 9.59 Å². The number of carbonyl (C=O) groups excluding carboxylic acids is 2. The van der Waals surface area contributed by atoms with Crippen molar-refractivity contribution in [3.63, 3.8) is 0 Å². The Bertz CT molecular complexity index is 1010. The Kier molecular flexibility index (Phi) is 7.44. The van der Waals surface area contributed by atoms with Crippen LogP contribution in [0.2, 0.25) is 0 Å². The number of rotatable bonds is 9. The summed E-state index contributed by atoms with van der Waals surface area (Å²) in [6, 6.07) is 15.2. The van der Waals surface area contributed by atoms with Gasteiger partial charge in [0, 0.05) is 25.4 Å². The molecule has 0 spiro atoms. The van der Waals surface area contributed by atoms with Crippen LogP contribution in [0.25, 0.3) is 11.1 Å². The molecule has 2 aromatic carbocycles. The number of ether oxygens (including phenoxy) is 2. The zero-order valence-electron chi connectivity index (χ0n) is 18.7. The fraction of sp³-hybridized carbons (Fsp3) is 0.400. The van der Waals surface area contributed by atoms with Gasteiger partial charge in [0.1, 0.15) is 12.6 Å². The molecule has 1 saturated heterocycles. The molecular formula is C25H28N2O7. The molecule has 2 amide bonds. The summed E-state index contributed by atoms with van der Waals surface area (Å²) < 4.78 is 10.8. The van der Waals surface area contributed by atoms with E-state index >= 15 is 0 Å². The molecule has 1 aliphatic heterocycles. The van der Waals surface area contributed by atoms with E-state index in [2.05, 4.69) is 29.6 Å². The average Bonchev–Trinajstić information content (AvgIpc) is 3.38. The number of carbonyl (C=O) groups is 3. The molecule has 0 unspecified atom stereocenters. The number of fused-ring (bicyclic) bond motifs is 3. The number of nitrogens with zero attached hydrogens (tertiary/aromatic N) is 1. The smallest absolute Gasteiger partial charge is 0.407 e. The standard InChI is InChI=1S/C25H28N2O7/c28-16-13-22(24(30)31)27(14-16)23(29)9-11-33-12-10-26-25(32)34-15-21-19-7-3-1-5-17(19)18-6-2-4-8-20(18)21/h1-8,16,21-22,28H,9-15H2,(H,26,32)(H,30,31)/t16-,22-/m1/s1. The van der Waals surface area contributed by atoms with Crippen molar-refractivity contribution in [1.29, 1.82) is 0 Å². The number of β-amino-alcohol motifs (C(OH)–C–C–N with tert-alkyl or cyclic N) is 1. The largest absolute Gasteiger partial charge is 0.480 e. The Hall–Kier alpha value is -3.43. The average molecular weight is 469 g/mol. The number of nitrogens with one attached hydrogen (secondary N) is 1. The molecule has 1 aliphatic carbocycles. The second kappa shape index (κ2) is 10.7. The first-order valence-electron chi connectivity index (χ1n) is 11.3. The lowest BCUT2D eigenvalue weighted by Crippen LogP contribution is -2.41. The van der Waals surface area contributed by atoms with Gasteiger partial charge >= 0.3 is 12.1 Å². The molecule has 0 bridgehead atoms. The van der Waals surface area contributed by atoms with E-state index in [0.29, 0.717) is 0 Å². The highest BCUT2D eigenvalue weighted by molar-refractivity contribution is 5.84. The minimum Gasteiger partial charge on any atom is -0.480 e. The van der Waals surface area contributed by atoms with Gasteiger partial charge < -0.3 is 29.9 Å². The van der Waals surface area contributed by atoms with Crippen molar-refractivity contribution < 1.29 is 34.1 Å². The predicted molar refractivity (Wildman–Crippen MR) is 122 cm³/mol. The summed E-state index contributed by atoms with van der Waals surface area (Å²) >= 11 is 0. The molecule has 1 fully saturated rings. The number of aliphatic hydroxyl groups excluding tert-OH is 1. The maximum absolute atomic E-state index is 12.2. The maximum atomic E-state index is 12.2. The van der Waals surface area contributed by atoms with Gasteiger partial charge in [-0.05, 0) is 22.3 Å². The molecule has 3 N–H and O–H groups in total. The number of alkyl carbamates (subject to hydrolysis) is 1. The van der Waals surface area contributed by atoms with Crippen molar-refractivity contribution in [2.75, 3.05) is 32.9 Å². The number of hydrogen-bond donors (Lipinski definition) is 3. The summed E-state index contributed by atoms with van der Waals surface area (Å²) in [6.45, 7) is 0.721. The zero-order valence-corrected chi connectivity index (χ0v) is 18.7. The molecule has 180 valence electrons. The van der Waals surface area contributed by atoms with Crippen LogP contribution in [-0.2, 0) is 19.1 Å². The quantitative estimate of drug-likeness (QED) is 0.481. The van der Waals surface area contributed by atoms with Gasteiger partial charge in [-0.2, -0.15) is 0 Å². The minimum atomic E-state index is -1.13. The fourth-order valence-corrected chi connectivity index (χ4v) is 4.60. The van der Waals surface area contributed by atoms with Gasteiger partial charge in [0.25, 0.3) is 0 Å². The molecule has 9 heteroatoms. The van der Waals surface area contributed by atoms with Crippen molar-refractivity contribution in [2.24, 2.45) is 0 Å². The summed E-state index contributed by atoms with van der Waals surface area (Å²) in [4.78, 5) is 36.7. The fourth-order valence-electron chi connectivity index (χ4n) is 4.60. The minimum absolute atomic E-state index is 0.00143. The lowest BCUT2D eigenvalue weighted by Gasteiger charge is -2.21. The van der Waals surface area contributed by atoms with Crippen molar-refractivity contribution in [3.05, 3.63) is 59.7 Å². The number of likely N-dealkylation sites (tertiary alicyclic amines) is 1. The maximum Gasteiger partial charge on any atom is 0.407 e. The monoisotopic (exact) mass is 468 g/mol. The van der Waals surface area contributed by atoms with Gasteiger partial charge in [-0.3, -0.25) is 4.79 Å². The van der Waals surface area contributed by atoms with Crippen LogP contribution in [0.5, 0.6) is 0 Å². The molecule has 2 aromatic rings. The van der Waals surface area contributed by atoms with Crippen LogP contribution in [0.4, 0.5) is 4.79 Å². The van der Waals surface area contributed by atoms with E-state index in [9.17, 15) is 19.5 Å². The molecule has 0 saturated carbocycles. The number of carboxylic acids is 1. The Balaban J connectivity index is 1.15. The van der Waals surface area contributed by atoms with E-state index in [4.69, 9.17) is 14.6 Å². The van der Waals surface area contributed by atoms with Crippen LogP contribution in [0.15, 0.2) is 48.5 Å². The summed E-state index contributed by atoms with van der Waals surface area (Å²) in [6.07, 6.45) is -1.34. The second-order valence-electron chi connectivity index (χ2n) is 8.40. The van der Waals surface area contributed by atoms with Crippen LogP contribution in [-0.4, -0.2) is 78.1 Å². The van der Waals surface area contributed by atoms with Crippen LogP contribution < -0.4 is 5.32 Å². The Morgan fingerprint density at radius 1 is 1.00 bits per heavy atom. The highest BCUT2D eigenvalue weighted by Crippen LogP contribution is 2.44. The van der Waals surface area contributed by atoms with Crippen molar-refractivity contribution in [2.45, 2.75) is 30.9 Å². The molecule has 0 radical (unpaired) electrons. The van der Waals surface area contributed by atoms with Gasteiger partial charge in [0.2, 0.25) is 5.91 Å². The molecule has 2 atom stereocenters. The SMILES string of the molecule is O=C(NCCOCCC(=O)N1C[C@H](O)C[C@@H]1C(=O)O)OCC1c2ccccc2-c2ccccc21. The Labute approximate surface area is 197 Å². The number of hydrogen-bond acceptors (Lipinski definition) is 6. The normalized spacial score (nSPS) is 18.9. The van der Waals surface area contributed by atoms with Crippen LogP contribution in [0.1, 0.15) is 29.9 Å². The number of carboxylic acid groups (broad SMARTS) is 1. The lowest BCUT2D eigenvalue weighted by molar-refractivity contribution is -0.148. The zero-order chi connectivity index (χ0) is 24.1. The number of amides is 2. The van der Waals surface area contributed by atoms with Crippen LogP contribution >= 0.6 is 0 Å². The first kappa shape index (κ1) is 23.7. The topological polar surface area (TPSA) is 125 Å². The van der Waals surface area contributed by atoms with E-state index in [-0.39, 0.29) is 57.6 Å². The van der Waals surface area contributed by atoms with E-state index in [1.807, 2.05) is 24.3 Å². The van der Waals surface area contributed by atoms with E-state index in [1.165, 1.54) is 4.90 Å². The summed E-state index contributed by atoms with van der Waals surface area (Å²) in [5, 5.41) is 21.4. The molecule has 34 heavy (non-hydrogen) atoms. The predicted octanol–water partition coefficient (Wildman–Crippen LogP) is 1.98. The van der Waals surface area contributed by atoms with Crippen molar-refractivity contribution in [3.8, 4) is 11.1 Å². The van der Waals surface area contributed by atoms with Gasteiger partial charge in [0.05, 0.1) is 25.7 Å². The number of aliphatic hydroxyl groups is 1. The highest BCUT2D eigenvalue weighted by atomic mass is 16.5. The molecule has 9 nitrogen and oxygen atoms in total. The van der Waals surface area contributed by atoms with E-state index < -0.39 is 24.2 Å².